The van der Waals surface area contributed by atoms with Crippen LogP contribution in [0.4, 0.5) is 0 Å². The Hall–Kier alpha value is -3.30. The maximum atomic E-state index is 11.1. The van der Waals surface area contributed by atoms with Crippen LogP contribution in [-0.2, 0) is 6.42 Å². The maximum Gasteiger partial charge on any atom is 0.230 e. The molecule has 1 aliphatic rings. The minimum absolute atomic E-state index is 0.118. The first-order valence-electron chi connectivity index (χ1n) is 11.7. The lowest BCUT2D eigenvalue weighted by atomic mass is 9.88. The van der Waals surface area contributed by atoms with Crippen LogP contribution in [0.3, 0.4) is 0 Å². The number of benzene rings is 2. The van der Waals surface area contributed by atoms with Gasteiger partial charge in [-0.25, -0.2) is 4.98 Å². The van der Waals surface area contributed by atoms with Crippen molar-refractivity contribution in [3.8, 4) is 23.1 Å². The smallest absolute Gasteiger partial charge is 0.230 e. The number of hydrogen-bond acceptors (Lipinski definition) is 8. The van der Waals surface area contributed by atoms with Crippen molar-refractivity contribution in [2.45, 2.75) is 25.3 Å². The van der Waals surface area contributed by atoms with Gasteiger partial charge in [-0.15, -0.1) is 0 Å². The Labute approximate surface area is 208 Å². The van der Waals surface area contributed by atoms with Gasteiger partial charge in [-0.3, -0.25) is 4.90 Å². The molecule has 1 aliphatic heterocycles. The van der Waals surface area contributed by atoms with Gasteiger partial charge in [-0.1, -0.05) is 41.7 Å². The second-order valence-electron chi connectivity index (χ2n) is 8.77. The molecule has 35 heavy (non-hydrogen) atoms. The fraction of sp³-hybridized carbons (Fsp3) is 0.385. The Morgan fingerprint density at radius 2 is 1.71 bits per heavy atom. The number of rotatable bonds is 8. The molecule has 0 unspecified atom stereocenters. The van der Waals surface area contributed by atoms with Crippen LogP contribution in [0, 0.1) is 5.92 Å². The van der Waals surface area contributed by atoms with Gasteiger partial charge in [0, 0.05) is 0 Å². The van der Waals surface area contributed by atoms with Gasteiger partial charge in [0.05, 0.1) is 32.2 Å². The fourth-order valence-electron chi connectivity index (χ4n) is 5.02. The third kappa shape index (κ3) is 4.53. The summed E-state index contributed by atoms with van der Waals surface area (Å²) < 4.78 is 18.3. The van der Waals surface area contributed by atoms with Crippen LogP contribution in [0.15, 0.2) is 48.8 Å². The number of hydrogen-bond donors (Lipinski definition) is 1. The van der Waals surface area contributed by atoms with Crippen molar-refractivity contribution in [3.05, 3.63) is 64.8 Å². The van der Waals surface area contributed by atoms with Crippen molar-refractivity contribution in [2.75, 3.05) is 34.4 Å². The number of likely N-dealkylation sites (tertiary alicyclic amines) is 1. The predicted molar refractivity (Wildman–Crippen MR) is 135 cm³/mol. The number of aromatic hydroxyl groups is 1. The van der Waals surface area contributed by atoms with E-state index in [0.717, 1.165) is 42.8 Å². The fourth-order valence-corrected chi connectivity index (χ4v) is 6.11. The van der Waals surface area contributed by atoms with Crippen LogP contribution in [0.2, 0.25) is 0 Å². The van der Waals surface area contributed by atoms with Gasteiger partial charge < -0.3 is 19.3 Å². The van der Waals surface area contributed by atoms with Gasteiger partial charge >= 0.3 is 0 Å². The van der Waals surface area contributed by atoms with E-state index in [4.69, 9.17) is 14.2 Å². The molecule has 1 fully saturated rings. The molecular formula is C26H30N4O4S. The van der Waals surface area contributed by atoms with Crippen molar-refractivity contribution in [1.29, 1.82) is 0 Å². The first-order chi connectivity index (χ1) is 17.1. The van der Waals surface area contributed by atoms with Gasteiger partial charge in [0.15, 0.2) is 11.5 Å². The summed E-state index contributed by atoms with van der Waals surface area (Å²) in [5, 5.41) is 15.3. The van der Waals surface area contributed by atoms with Gasteiger partial charge in [0.25, 0.3) is 0 Å². The van der Waals surface area contributed by atoms with E-state index in [-0.39, 0.29) is 11.9 Å². The molecule has 0 spiro atoms. The number of ether oxygens (including phenoxy) is 3. The summed E-state index contributed by atoms with van der Waals surface area (Å²) in [5.74, 6) is 2.47. The normalized spacial score (nSPS) is 15.9. The molecule has 9 heteroatoms. The van der Waals surface area contributed by atoms with E-state index in [1.165, 1.54) is 27.7 Å². The summed E-state index contributed by atoms with van der Waals surface area (Å²) in [6, 6.07) is 14.4. The maximum absolute atomic E-state index is 11.1. The molecule has 1 saturated heterocycles. The lowest BCUT2D eigenvalue weighted by Crippen LogP contribution is -2.37. The highest BCUT2D eigenvalue weighted by Gasteiger charge is 2.33. The quantitative estimate of drug-likeness (QED) is 0.384. The van der Waals surface area contributed by atoms with Crippen molar-refractivity contribution in [1.82, 2.24) is 19.5 Å². The lowest BCUT2D eigenvalue weighted by Gasteiger charge is -2.37. The zero-order chi connectivity index (χ0) is 24.4. The first-order valence-corrected chi connectivity index (χ1v) is 12.5. The molecule has 2 aromatic carbocycles. The van der Waals surface area contributed by atoms with E-state index in [2.05, 4.69) is 45.3 Å². The Bertz CT molecular complexity index is 1260. The van der Waals surface area contributed by atoms with Gasteiger partial charge in [0.1, 0.15) is 6.33 Å². The third-order valence-corrected chi connectivity index (χ3v) is 7.86. The van der Waals surface area contributed by atoms with E-state index in [0.29, 0.717) is 28.1 Å². The highest BCUT2D eigenvalue weighted by atomic mass is 32.1. The summed E-state index contributed by atoms with van der Waals surface area (Å²) in [6.07, 6.45) is 4.71. The number of aromatic nitrogens is 3. The van der Waals surface area contributed by atoms with E-state index >= 15 is 0 Å². The molecule has 4 aromatic rings. The summed E-state index contributed by atoms with van der Waals surface area (Å²) in [5.41, 5.74) is 2.34. The van der Waals surface area contributed by atoms with Crippen molar-refractivity contribution in [3.63, 3.8) is 0 Å². The average molecular weight is 495 g/mol. The van der Waals surface area contributed by atoms with Gasteiger partial charge in [-0.05, 0) is 61.5 Å². The Balaban J connectivity index is 1.49. The van der Waals surface area contributed by atoms with Crippen molar-refractivity contribution in [2.24, 2.45) is 5.92 Å². The summed E-state index contributed by atoms with van der Waals surface area (Å²) in [6.45, 7) is 1.82. The highest BCUT2D eigenvalue weighted by Crippen LogP contribution is 2.46. The van der Waals surface area contributed by atoms with Crippen molar-refractivity contribution >= 4 is 16.3 Å². The molecule has 1 N–H and O–H groups in total. The molecule has 0 radical (unpaired) electrons. The zero-order valence-electron chi connectivity index (χ0n) is 20.2. The van der Waals surface area contributed by atoms with Crippen LogP contribution in [-0.4, -0.2) is 59.0 Å². The van der Waals surface area contributed by atoms with E-state index in [9.17, 15) is 5.11 Å². The predicted octanol–water partition coefficient (Wildman–Crippen LogP) is 4.57. The number of fused-ring (bicyclic) bond motifs is 1. The first kappa shape index (κ1) is 23.4. The van der Waals surface area contributed by atoms with E-state index in [1.807, 2.05) is 12.1 Å². The number of methoxy groups -OCH3 is 3. The molecule has 0 bridgehead atoms. The largest absolute Gasteiger partial charge is 0.493 e. The topological polar surface area (TPSA) is 81.4 Å². The molecule has 0 saturated carbocycles. The number of nitrogens with zero attached hydrogens (tertiary/aromatic N) is 4. The Morgan fingerprint density at radius 1 is 1.03 bits per heavy atom. The highest BCUT2D eigenvalue weighted by molar-refractivity contribution is 7.17. The molecule has 5 rings (SSSR count). The van der Waals surface area contributed by atoms with Crippen LogP contribution < -0.4 is 14.2 Å². The minimum Gasteiger partial charge on any atom is -0.493 e. The minimum atomic E-state index is -0.199. The average Bonchev–Trinajstić information content (AvgIpc) is 3.48. The second kappa shape index (κ2) is 10.1. The number of piperidine rings is 1. The standard InChI is InChI=1S/C26H30N4O4S/c1-32-20-14-19(15-21(33-2)23(20)34-3)22(24-25(31)30-26(35-24)27-16-28-30)29-11-9-18(10-12-29)13-17-7-5-4-6-8-17/h4-8,14-16,18,22,31H,9-13H2,1-3H3/t22-/m1/s1. The Kier molecular flexibility index (Phi) is 6.79. The summed E-state index contributed by atoms with van der Waals surface area (Å²) >= 11 is 1.45. The molecule has 0 aliphatic carbocycles. The number of thiazole rings is 1. The van der Waals surface area contributed by atoms with Crippen LogP contribution in [0.5, 0.6) is 23.1 Å². The Morgan fingerprint density at radius 3 is 2.31 bits per heavy atom. The van der Waals surface area contributed by atoms with Crippen LogP contribution in [0.25, 0.3) is 4.96 Å². The van der Waals surface area contributed by atoms with E-state index in [1.54, 1.807) is 21.3 Å². The monoisotopic (exact) mass is 494 g/mol. The molecule has 0 amide bonds. The van der Waals surface area contributed by atoms with Crippen molar-refractivity contribution < 1.29 is 19.3 Å². The summed E-state index contributed by atoms with van der Waals surface area (Å²) in [4.78, 5) is 8.18. The van der Waals surface area contributed by atoms with Crippen LogP contribution >= 0.6 is 11.3 Å². The second-order valence-corrected chi connectivity index (χ2v) is 9.78. The van der Waals surface area contributed by atoms with Gasteiger partial charge in [-0.2, -0.15) is 9.61 Å². The molecule has 3 heterocycles. The SMILES string of the molecule is COc1cc([C@H](c2sc3ncnn3c2O)N2CCC(Cc3ccccc3)CC2)cc(OC)c1OC. The molecule has 1 atom stereocenters. The zero-order valence-corrected chi connectivity index (χ0v) is 21.0. The lowest BCUT2D eigenvalue weighted by molar-refractivity contribution is 0.150. The summed E-state index contributed by atoms with van der Waals surface area (Å²) in [7, 11) is 4.83. The van der Waals surface area contributed by atoms with E-state index < -0.39 is 0 Å². The molecule has 8 nitrogen and oxygen atoms in total. The molecule has 2 aromatic heterocycles. The molecule has 184 valence electrons. The van der Waals surface area contributed by atoms with Gasteiger partial charge in [0.2, 0.25) is 16.6 Å². The van der Waals surface area contributed by atoms with Crippen LogP contribution in [0.1, 0.15) is 34.9 Å². The third-order valence-electron chi connectivity index (χ3n) is 6.77. The molecular weight excluding hydrogens is 464 g/mol.